The molecule has 2 heteroatoms. The number of hydrogen-bond donors (Lipinski definition) is 1. The maximum atomic E-state index is 8.51. The molecule has 0 aliphatic heterocycles. The Kier molecular flexibility index (Phi) is 1.89. The van der Waals surface area contributed by atoms with Crippen molar-refractivity contribution in [2.45, 2.75) is 0 Å². The first-order valence-electron chi connectivity index (χ1n) is 11.0. The van der Waals surface area contributed by atoms with Crippen LogP contribution in [0.2, 0.25) is 0 Å². The molecule has 0 fully saturated rings. The zero-order valence-electron chi connectivity index (χ0n) is 18.7. The Hall–Kier alpha value is -3.52. The third-order valence-corrected chi connectivity index (χ3v) is 5.01. The fraction of sp³-hybridized carbons (Fsp3) is 0. The minimum Gasteiger partial charge on any atom is -0.354 e. The van der Waals surface area contributed by atoms with Gasteiger partial charge in [-0.2, -0.15) is 0 Å². The van der Waals surface area contributed by atoms with Gasteiger partial charge in [0.25, 0.3) is 0 Å². The average Bonchev–Trinajstić information content (AvgIpc) is 3.31. The minimum absolute atomic E-state index is 0.160. The SMILES string of the molecule is [2H]c1c([2H])c([2H])c(-n2c3ccccc3c3cc4c(cc32)[nH]c2ccccc24)c([2H])c1[2H]. The third-order valence-electron chi connectivity index (χ3n) is 5.01. The second-order valence-corrected chi connectivity index (χ2v) is 6.41. The highest BCUT2D eigenvalue weighted by molar-refractivity contribution is 6.18. The summed E-state index contributed by atoms with van der Waals surface area (Å²) in [5.41, 5.74) is 3.72. The van der Waals surface area contributed by atoms with Crippen LogP contribution < -0.4 is 0 Å². The first kappa shape index (κ1) is 9.83. The van der Waals surface area contributed by atoms with Crippen LogP contribution in [-0.2, 0) is 0 Å². The van der Waals surface area contributed by atoms with Crippen molar-refractivity contribution in [2.75, 3.05) is 0 Å². The van der Waals surface area contributed by atoms with Gasteiger partial charge in [0.1, 0.15) is 0 Å². The Labute approximate surface area is 157 Å². The molecule has 4 aromatic carbocycles. The summed E-state index contributed by atoms with van der Waals surface area (Å²) >= 11 is 0. The van der Waals surface area contributed by atoms with Crippen molar-refractivity contribution in [2.24, 2.45) is 0 Å². The van der Waals surface area contributed by atoms with Gasteiger partial charge in [0, 0.05) is 38.3 Å². The second-order valence-electron chi connectivity index (χ2n) is 6.41. The van der Waals surface area contributed by atoms with E-state index in [4.69, 9.17) is 6.85 Å². The maximum Gasteiger partial charge on any atom is 0.0645 e. The smallest absolute Gasteiger partial charge is 0.0645 e. The molecule has 2 nitrogen and oxygen atoms in total. The summed E-state index contributed by atoms with van der Waals surface area (Å²) in [6, 6.07) is 18.5. The first-order valence-corrected chi connectivity index (χ1v) is 8.48. The van der Waals surface area contributed by atoms with Gasteiger partial charge < -0.3 is 9.55 Å². The molecule has 6 aromatic rings. The van der Waals surface area contributed by atoms with Crippen molar-refractivity contribution in [3.05, 3.63) is 90.9 Å². The van der Waals surface area contributed by atoms with Gasteiger partial charge in [-0.25, -0.2) is 0 Å². The van der Waals surface area contributed by atoms with Crippen LogP contribution in [0.15, 0.2) is 90.9 Å². The van der Waals surface area contributed by atoms with Gasteiger partial charge in [0.15, 0.2) is 0 Å². The molecule has 0 saturated carbocycles. The van der Waals surface area contributed by atoms with Gasteiger partial charge in [-0.3, -0.25) is 0 Å². The molecule has 0 spiro atoms. The molecule has 2 aromatic heterocycles. The van der Waals surface area contributed by atoms with Crippen LogP contribution in [-0.4, -0.2) is 9.55 Å². The van der Waals surface area contributed by atoms with E-state index < -0.39 is 6.04 Å². The number of rotatable bonds is 1. The normalized spacial score (nSPS) is 14.5. The summed E-state index contributed by atoms with van der Waals surface area (Å²) < 4.78 is 43.0. The third kappa shape index (κ3) is 1.76. The monoisotopic (exact) mass is 337 g/mol. The fourth-order valence-electron chi connectivity index (χ4n) is 3.91. The molecule has 0 radical (unpaired) electrons. The molecule has 26 heavy (non-hydrogen) atoms. The van der Waals surface area contributed by atoms with E-state index >= 15 is 0 Å². The number of aromatic amines is 1. The molecular weight excluding hydrogens is 316 g/mol. The molecule has 1 N–H and O–H groups in total. The van der Waals surface area contributed by atoms with Gasteiger partial charge in [-0.15, -0.1) is 0 Å². The Balaban J connectivity index is 1.85. The van der Waals surface area contributed by atoms with Crippen molar-refractivity contribution in [3.8, 4) is 5.69 Å². The van der Waals surface area contributed by atoms with E-state index in [2.05, 4.69) is 17.1 Å². The van der Waals surface area contributed by atoms with Crippen molar-refractivity contribution >= 4 is 43.6 Å². The topological polar surface area (TPSA) is 20.7 Å². The van der Waals surface area contributed by atoms with Crippen molar-refractivity contribution in [1.82, 2.24) is 9.55 Å². The standard InChI is InChI=1S/C24H16N2/c1-2-8-16(9-3-1)26-23-13-7-5-11-18(23)20-14-19-17-10-4-6-12-21(17)25-22(19)15-24(20)26/h1-15,25H/i1D,2D,3D,8D,9D. The Morgan fingerprint density at radius 1 is 0.654 bits per heavy atom. The van der Waals surface area contributed by atoms with Gasteiger partial charge in [-0.05, 0) is 36.4 Å². The summed E-state index contributed by atoms with van der Waals surface area (Å²) in [4.78, 5) is 3.44. The van der Waals surface area contributed by atoms with Crippen LogP contribution in [0.25, 0.3) is 49.3 Å². The largest absolute Gasteiger partial charge is 0.354 e. The highest BCUT2D eigenvalue weighted by Gasteiger charge is 2.14. The van der Waals surface area contributed by atoms with Crippen molar-refractivity contribution in [1.29, 1.82) is 0 Å². The number of para-hydroxylation sites is 3. The molecule has 0 aliphatic carbocycles. The Bertz CT molecular complexity index is 1660. The number of nitrogens with zero attached hydrogens (tertiary/aromatic N) is 1. The molecule has 0 unspecified atom stereocenters. The Morgan fingerprint density at radius 3 is 2.31 bits per heavy atom. The molecule has 0 amide bonds. The number of aromatic nitrogens is 2. The van der Waals surface area contributed by atoms with E-state index in [1.54, 1.807) is 4.57 Å². The predicted molar refractivity (Wildman–Crippen MR) is 110 cm³/mol. The summed E-state index contributed by atoms with van der Waals surface area (Å²) in [5.74, 6) is 0. The molecule has 122 valence electrons. The minimum atomic E-state index is -0.391. The lowest BCUT2D eigenvalue weighted by atomic mass is 10.1. The lowest BCUT2D eigenvalue weighted by Crippen LogP contribution is -1.92. The molecule has 6 rings (SSSR count). The quantitative estimate of drug-likeness (QED) is 0.357. The number of benzene rings is 4. The number of fused-ring (bicyclic) bond motifs is 6. The van der Waals surface area contributed by atoms with Gasteiger partial charge in [-0.1, -0.05) is 54.5 Å². The summed E-state index contributed by atoms with van der Waals surface area (Å²) in [6.45, 7) is 0. The van der Waals surface area contributed by atoms with Crippen LogP contribution in [0.5, 0.6) is 0 Å². The van der Waals surface area contributed by atoms with Gasteiger partial charge in [0.2, 0.25) is 0 Å². The summed E-state index contributed by atoms with van der Waals surface area (Å²) in [6.07, 6.45) is 0. The molecule has 0 saturated heterocycles. The summed E-state index contributed by atoms with van der Waals surface area (Å²) in [7, 11) is 0. The van der Waals surface area contributed by atoms with Crippen LogP contribution in [0.3, 0.4) is 0 Å². The van der Waals surface area contributed by atoms with E-state index in [0.717, 1.165) is 43.6 Å². The number of nitrogens with one attached hydrogen (secondary N) is 1. The Morgan fingerprint density at radius 2 is 1.42 bits per heavy atom. The molecule has 0 bridgehead atoms. The molecule has 0 aliphatic rings. The second kappa shape index (κ2) is 4.99. The van der Waals surface area contributed by atoms with Gasteiger partial charge >= 0.3 is 0 Å². The zero-order chi connectivity index (χ0) is 21.4. The number of H-pyrrole nitrogens is 1. The van der Waals surface area contributed by atoms with Gasteiger partial charge in [0.05, 0.1) is 17.9 Å². The van der Waals surface area contributed by atoms with E-state index in [9.17, 15) is 0 Å². The zero-order valence-corrected chi connectivity index (χ0v) is 13.7. The van der Waals surface area contributed by atoms with Crippen LogP contribution in [0.1, 0.15) is 6.85 Å². The number of hydrogen-bond acceptors (Lipinski definition) is 0. The summed E-state index contributed by atoms with van der Waals surface area (Å²) in [5, 5.41) is 4.15. The fourth-order valence-corrected chi connectivity index (χ4v) is 3.91. The molecule has 2 heterocycles. The highest BCUT2D eigenvalue weighted by atomic mass is 15.0. The van der Waals surface area contributed by atoms with E-state index in [-0.39, 0.29) is 29.9 Å². The van der Waals surface area contributed by atoms with E-state index in [1.165, 1.54) is 0 Å². The lowest BCUT2D eigenvalue weighted by Gasteiger charge is -2.07. The van der Waals surface area contributed by atoms with E-state index in [1.807, 2.05) is 48.5 Å². The lowest BCUT2D eigenvalue weighted by molar-refractivity contribution is 1.18. The van der Waals surface area contributed by atoms with Crippen LogP contribution >= 0.6 is 0 Å². The first-order chi connectivity index (χ1) is 15.0. The van der Waals surface area contributed by atoms with Crippen molar-refractivity contribution in [3.63, 3.8) is 0 Å². The maximum absolute atomic E-state index is 8.51. The van der Waals surface area contributed by atoms with Crippen LogP contribution in [0.4, 0.5) is 0 Å². The molecular formula is C24H16N2. The highest BCUT2D eigenvalue weighted by Crippen LogP contribution is 2.36. The van der Waals surface area contributed by atoms with Crippen molar-refractivity contribution < 1.29 is 6.85 Å². The van der Waals surface area contributed by atoms with Crippen LogP contribution in [0, 0.1) is 0 Å². The predicted octanol–water partition coefficient (Wildman–Crippen LogP) is 6.42. The average molecular weight is 337 g/mol. The van der Waals surface area contributed by atoms with E-state index in [0.29, 0.717) is 0 Å². The molecule has 0 atom stereocenters.